The second-order valence-corrected chi connectivity index (χ2v) is 5.42. The molecule has 0 atom stereocenters. The molecule has 18 heavy (non-hydrogen) atoms. The molecule has 0 bridgehead atoms. The van der Waals surface area contributed by atoms with Gasteiger partial charge in [-0.1, -0.05) is 26.1 Å². The van der Waals surface area contributed by atoms with Crippen LogP contribution in [0.2, 0.25) is 0 Å². The van der Waals surface area contributed by atoms with E-state index < -0.39 is 0 Å². The average molecular weight is 264 g/mol. The second-order valence-electron chi connectivity index (χ2n) is 4.98. The van der Waals surface area contributed by atoms with Gasteiger partial charge in [-0.25, -0.2) is 9.97 Å². The molecular weight excluding hydrogens is 244 g/mol. The molecule has 98 valence electrons. The van der Waals surface area contributed by atoms with Crippen LogP contribution >= 0.6 is 12.2 Å². The van der Waals surface area contributed by atoms with Gasteiger partial charge in [0.2, 0.25) is 5.95 Å². The first kappa shape index (κ1) is 13.2. The first-order chi connectivity index (χ1) is 8.60. The average Bonchev–Trinajstić information content (AvgIpc) is 2.84. The molecule has 0 unspecified atom stereocenters. The molecule has 1 aliphatic heterocycles. The zero-order chi connectivity index (χ0) is 13.2. The van der Waals surface area contributed by atoms with Gasteiger partial charge < -0.3 is 10.6 Å². The van der Waals surface area contributed by atoms with Crippen molar-refractivity contribution in [2.75, 3.05) is 18.0 Å². The molecule has 0 spiro atoms. The van der Waals surface area contributed by atoms with Crippen LogP contribution in [0.3, 0.4) is 0 Å². The molecule has 5 heteroatoms. The van der Waals surface area contributed by atoms with E-state index in [9.17, 15) is 0 Å². The molecule has 1 aromatic heterocycles. The molecule has 0 amide bonds. The van der Waals surface area contributed by atoms with Crippen molar-refractivity contribution >= 4 is 23.2 Å². The van der Waals surface area contributed by atoms with Crippen LogP contribution < -0.4 is 10.6 Å². The Hall–Kier alpha value is -1.23. The van der Waals surface area contributed by atoms with Crippen molar-refractivity contribution in [2.45, 2.75) is 33.1 Å². The Bertz CT molecular complexity index is 442. The van der Waals surface area contributed by atoms with Gasteiger partial charge in [-0.15, -0.1) is 0 Å². The van der Waals surface area contributed by atoms with Gasteiger partial charge in [-0.2, -0.15) is 0 Å². The highest BCUT2D eigenvalue weighted by Gasteiger charge is 2.35. The molecule has 4 nitrogen and oxygen atoms in total. The summed E-state index contributed by atoms with van der Waals surface area (Å²) < 4.78 is 0. The molecule has 2 heterocycles. The van der Waals surface area contributed by atoms with Crippen molar-refractivity contribution in [1.82, 2.24) is 9.97 Å². The monoisotopic (exact) mass is 264 g/mol. The highest BCUT2D eigenvalue weighted by molar-refractivity contribution is 7.80. The normalized spacial score (nSPS) is 18.0. The lowest BCUT2D eigenvalue weighted by Gasteiger charge is -2.26. The molecule has 1 aromatic rings. The Morgan fingerprint density at radius 3 is 2.78 bits per heavy atom. The van der Waals surface area contributed by atoms with Gasteiger partial charge in [0, 0.05) is 19.3 Å². The molecule has 2 N–H and O–H groups in total. The first-order valence-electron chi connectivity index (χ1n) is 6.48. The minimum atomic E-state index is 0.329. The molecule has 1 aliphatic rings. The second kappa shape index (κ2) is 5.18. The lowest BCUT2D eigenvalue weighted by Crippen LogP contribution is -2.28. The number of anilines is 1. The summed E-state index contributed by atoms with van der Waals surface area (Å²) in [6, 6.07) is 1.76. The largest absolute Gasteiger partial charge is 0.388 e. The molecule has 0 radical (unpaired) electrons. The maximum Gasteiger partial charge on any atom is 0.225 e. The number of hydrogen-bond acceptors (Lipinski definition) is 4. The van der Waals surface area contributed by atoms with Gasteiger partial charge in [-0.3, -0.25) is 0 Å². The zero-order valence-corrected chi connectivity index (χ0v) is 11.8. The Morgan fingerprint density at radius 2 is 2.22 bits per heavy atom. The van der Waals surface area contributed by atoms with E-state index in [-0.39, 0.29) is 0 Å². The SMILES string of the molecule is CCC1(CC)CCN(c2nccc(C(N)=S)n2)C1. The molecule has 1 saturated heterocycles. The predicted octanol–water partition coefficient (Wildman–Crippen LogP) is 2.13. The summed E-state index contributed by atoms with van der Waals surface area (Å²) in [6.07, 6.45) is 5.35. The van der Waals surface area contributed by atoms with Crippen molar-refractivity contribution < 1.29 is 0 Å². The number of nitrogens with zero attached hydrogens (tertiary/aromatic N) is 3. The molecule has 0 saturated carbocycles. The zero-order valence-electron chi connectivity index (χ0n) is 11.0. The first-order valence-corrected chi connectivity index (χ1v) is 6.89. The summed E-state index contributed by atoms with van der Waals surface area (Å²) in [5.74, 6) is 0.754. The number of aromatic nitrogens is 2. The van der Waals surface area contributed by atoms with E-state index in [1.165, 1.54) is 19.3 Å². The third kappa shape index (κ3) is 2.46. The number of hydrogen-bond donors (Lipinski definition) is 1. The van der Waals surface area contributed by atoms with Crippen LogP contribution in [0.5, 0.6) is 0 Å². The van der Waals surface area contributed by atoms with E-state index in [2.05, 4.69) is 28.7 Å². The Balaban J connectivity index is 2.19. The summed E-state index contributed by atoms with van der Waals surface area (Å²) in [6.45, 7) is 6.57. The lowest BCUT2D eigenvalue weighted by atomic mass is 9.82. The van der Waals surface area contributed by atoms with Crippen LogP contribution in [0.25, 0.3) is 0 Å². The topological polar surface area (TPSA) is 55.0 Å². The van der Waals surface area contributed by atoms with Crippen molar-refractivity contribution in [3.05, 3.63) is 18.0 Å². The van der Waals surface area contributed by atoms with Gasteiger partial charge in [-0.05, 0) is 30.7 Å². The predicted molar refractivity (Wildman–Crippen MR) is 77.8 cm³/mol. The number of nitrogens with two attached hydrogens (primary N) is 1. The van der Waals surface area contributed by atoms with Gasteiger partial charge >= 0.3 is 0 Å². The van der Waals surface area contributed by atoms with Crippen LogP contribution in [0, 0.1) is 5.41 Å². The van der Waals surface area contributed by atoms with Crippen molar-refractivity contribution in [3.63, 3.8) is 0 Å². The molecule has 0 aromatic carbocycles. The van der Waals surface area contributed by atoms with Crippen molar-refractivity contribution in [2.24, 2.45) is 11.1 Å². The van der Waals surface area contributed by atoms with Crippen LogP contribution in [0.4, 0.5) is 5.95 Å². The van der Waals surface area contributed by atoms with Crippen molar-refractivity contribution in [1.29, 1.82) is 0 Å². The molecular formula is C13H20N4S. The van der Waals surface area contributed by atoms with E-state index in [1.807, 2.05) is 0 Å². The minimum absolute atomic E-state index is 0.329. The smallest absolute Gasteiger partial charge is 0.225 e. The number of thiocarbonyl (C=S) groups is 1. The summed E-state index contributed by atoms with van der Waals surface area (Å²) >= 11 is 4.96. The maximum atomic E-state index is 5.61. The third-order valence-corrected chi connectivity index (χ3v) is 4.33. The van der Waals surface area contributed by atoms with Gasteiger partial charge in [0.1, 0.15) is 10.7 Å². The van der Waals surface area contributed by atoms with Crippen molar-refractivity contribution in [3.8, 4) is 0 Å². The summed E-state index contributed by atoms with van der Waals surface area (Å²) in [5.41, 5.74) is 6.68. The van der Waals surface area contributed by atoms with Crippen LogP contribution in [-0.2, 0) is 0 Å². The summed E-state index contributed by atoms with van der Waals surface area (Å²) in [5, 5.41) is 0. The van der Waals surface area contributed by atoms with Gasteiger partial charge in [0.15, 0.2) is 0 Å². The van der Waals surface area contributed by atoms with Gasteiger partial charge in [0.25, 0.3) is 0 Å². The highest BCUT2D eigenvalue weighted by Crippen LogP contribution is 2.37. The number of rotatable bonds is 4. The third-order valence-electron chi connectivity index (χ3n) is 4.12. The lowest BCUT2D eigenvalue weighted by molar-refractivity contribution is 0.301. The van der Waals surface area contributed by atoms with Crippen LogP contribution in [0.1, 0.15) is 38.8 Å². The fourth-order valence-corrected chi connectivity index (χ4v) is 2.68. The van der Waals surface area contributed by atoms with E-state index in [4.69, 9.17) is 18.0 Å². The van der Waals surface area contributed by atoms with E-state index in [1.54, 1.807) is 12.3 Å². The van der Waals surface area contributed by atoms with E-state index >= 15 is 0 Å². The molecule has 1 fully saturated rings. The summed E-state index contributed by atoms with van der Waals surface area (Å²) in [4.78, 5) is 11.3. The van der Waals surface area contributed by atoms with Crippen LogP contribution in [-0.4, -0.2) is 28.0 Å². The Morgan fingerprint density at radius 1 is 1.50 bits per heavy atom. The maximum absolute atomic E-state index is 5.61. The molecule has 0 aliphatic carbocycles. The van der Waals surface area contributed by atoms with Gasteiger partial charge in [0.05, 0.1) is 0 Å². The Kier molecular flexibility index (Phi) is 3.80. The van der Waals surface area contributed by atoms with E-state index in [0.717, 1.165) is 19.0 Å². The quantitative estimate of drug-likeness (QED) is 0.844. The van der Waals surface area contributed by atoms with Crippen LogP contribution in [0.15, 0.2) is 12.3 Å². The standard InChI is InChI=1S/C13H20N4S/c1-3-13(4-2)6-8-17(9-13)12-15-7-5-10(16-12)11(14)18/h5,7H,3-4,6,8-9H2,1-2H3,(H2,14,18). The summed E-state index contributed by atoms with van der Waals surface area (Å²) in [7, 11) is 0. The van der Waals surface area contributed by atoms with E-state index in [0.29, 0.717) is 16.1 Å². The minimum Gasteiger partial charge on any atom is -0.388 e. The Labute approximate surface area is 114 Å². The fourth-order valence-electron chi connectivity index (χ4n) is 2.57. The molecule has 2 rings (SSSR count). The highest BCUT2D eigenvalue weighted by atomic mass is 32.1. The fraction of sp³-hybridized carbons (Fsp3) is 0.615.